The summed E-state index contributed by atoms with van der Waals surface area (Å²) in [7, 11) is 1.48. The topological polar surface area (TPSA) is 26.3 Å². The molecule has 0 saturated heterocycles. The lowest BCUT2D eigenvalue weighted by molar-refractivity contribution is -0.144. The van der Waals surface area contributed by atoms with Crippen LogP contribution in [-0.4, -0.2) is 13.1 Å². The normalized spacial score (nSPS) is 24.8. The van der Waals surface area contributed by atoms with E-state index >= 15 is 0 Å². The molecule has 1 aliphatic carbocycles. The summed E-state index contributed by atoms with van der Waals surface area (Å²) >= 11 is 0. The van der Waals surface area contributed by atoms with Crippen molar-refractivity contribution in [2.45, 2.75) is 46.5 Å². The summed E-state index contributed by atoms with van der Waals surface area (Å²) in [5.41, 5.74) is 4.47. The number of hydrogen-bond acceptors (Lipinski definition) is 2. The number of benzene rings is 1. The van der Waals surface area contributed by atoms with Gasteiger partial charge in [0.25, 0.3) is 0 Å². The molecule has 0 heterocycles. The second kappa shape index (κ2) is 3.84. The molecule has 2 heteroatoms. The van der Waals surface area contributed by atoms with Crippen molar-refractivity contribution in [3.63, 3.8) is 0 Å². The third kappa shape index (κ3) is 1.51. The molecule has 0 aliphatic heterocycles. The first-order chi connectivity index (χ1) is 8.28. The Morgan fingerprint density at radius 1 is 1.17 bits per heavy atom. The Balaban J connectivity index is 2.61. The standard InChI is InChI=1S/C16H22O2/c1-10-7-8-13(12(3)11(10)2)16(14(17)18-6)9-15(16,4)5/h7-8H,9H2,1-6H3. The van der Waals surface area contributed by atoms with Gasteiger partial charge in [-0.3, -0.25) is 4.79 Å². The first-order valence-electron chi connectivity index (χ1n) is 6.43. The molecule has 0 amide bonds. The molecule has 1 unspecified atom stereocenters. The largest absolute Gasteiger partial charge is 0.468 e. The van der Waals surface area contributed by atoms with Crippen LogP contribution in [0.3, 0.4) is 0 Å². The molecule has 1 fully saturated rings. The fourth-order valence-electron chi connectivity index (χ4n) is 3.13. The predicted molar refractivity (Wildman–Crippen MR) is 72.7 cm³/mol. The van der Waals surface area contributed by atoms with Crippen molar-refractivity contribution in [1.29, 1.82) is 0 Å². The zero-order valence-corrected chi connectivity index (χ0v) is 12.2. The van der Waals surface area contributed by atoms with Crippen LogP contribution < -0.4 is 0 Å². The molecule has 0 spiro atoms. The summed E-state index contributed by atoms with van der Waals surface area (Å²) < 4.78 is 5.05. The summed E-state index contributed by atoms with van der Waals surface area (Å²) in [5, 5.41) is 0. The highest BCUT2D eigenvalue weighted by atomic mass is 16.5. The van der Waals surface area contributed by atoms with E-state index in [4.69, 9.17) is 4.74 Å². The molecule has 18 heavy (non-hydrogen) atoms. The van der Waals surface area contributed by atoms with Crippen LogP contribution in [-0.2, 0) is 14.9 Å². The number of ether oxygens (including phenoxy) is 1. The van der Waals surface area contributed by atoms with Gasteiger partial charge in [-0.25, -0.2) is 0 Å². The van der Waals surface area contributed by atoms with Crippen molar-refractivity contribution in [3.05, 3.63) is 34.4 Å². The molecule has 1 aliphatic rings. The van der Waals surface area contributed by atoms with E-state index < -0.39 is 5.41 Å². The summed E-state index contributed by atoms with van der Waals surface area (Å²) in [6.45, 7) is 10.6. The Morgan fingerprint density at radius 2 is 1.72 bits per heavy atom. The van der Waals surface area contributed by atoms with E-state index in [2.05, 4.69) is 46.8 Å². The molecular formula is C16H22O2. The van der Waals surface area contributed by atoms with Crippen molar-refractivity contribution >= 4 is 5.97 Å². The lowest BCUT2D eigenvalue weighted by Crippen LogP contribution is -2.28. The van der Waals surface area contributed by atoms with Crippen molar-refractivity contribution in [3.8, 4) is 0 Å². The number of hydrogen-bond donors (Lipinski definition) is 0. The average molecular weight is 246 g/mol. The number of rotatable bonds is 2. The molecule has 0 aromatic heterocycles. The molecule has 2 rings (SSSR count). The lowest BCUT2D eigenvalue weighted by Gasteiger charge is -2.22. The zero-order chi connectivity index (χ0) is 13.7. The Labute approximate surface area is 109 Å². The highest BCUT2D eigenvalue weighted by Gasteiger charge is 2.68. The van der Waals surface area contributed by atoms with Crippen LogP contribution in [0.15, 0.2) is 12.1 Å². The molecule has 2 nitrogen and oxygen atoms in total. The van der Waals surface area contributed by atoms with Crippen LogP contribution in [0.2, 0.25) is 0 Å². The summed E-state index contributed by atoms with van der Waals surface area (Å²) in [5.74, 6) is -0.0983. The van der Waals surface area contributed by atoms with E-state index in [0.717, 1.165) is 12.0 Å². The van der Waals surface area contributed by atoms with E-state index in [1.807, 2.05) is 0 Å². The summed E-state index contributed by atoms with van der Waals surface area (Å²) in [6.07, 6.45) is 0.871. The Morgan fingerprint density at radius 3 is 2.17 bits per heavy atom. The minimum absolute atomic E-state index is 0.00739. The maximum absolute atomic E-state index is 12.2. The highest BCUT2D eigenvalue weighted by molar-refractivity contribution is 5.89. The molecule has 0 bridgehead atoms. The Bertz CT molecular complexity index is 514. The third-order valence-corrected chi connectivity index (χ3v) is 4.79. The van der Waals surface area contributed by atoms with Gasteiger partial charge in [0.05, 0.1) is 12.5 Å². The minimum atomic E-state index is -0.440. The summed E-state index contributed by atoms with van der Waals surface area (Å²) in [4.78, 5) is 12.2. The second-order valence-electron chi connectivity index (χ2n) is 6.14. The van der Waals surface area contributed by atoms with Crippen molar-refractivity contribution in [2.24, 2.45) is 5.41 Å². The van der Waals surface area contributed by atoms with Crippen LogP contribution in [0.5, 0.6) is 0 Å². The van der Waals surface area contributed by atoms with E-state index in [9.17, 15) is 4.79 Å². The maximum Gasteiger partial charge on any atom is 0.316 e. The maximum atomic E-state index is 12.2. The molecular weight excluding hydrogens is 224 g/mol. The van der Waals surface area contributed by atoms with Crippen LogP contribution in [0.1, 0.15) is 42.5 Å². The van der Waals surface area contributed by atoms with Gasteiger partial charge < -0.3 is 4.74 Å². The predicted octanol–water partition coefficient (Wildman–Crippen LogP) is 3.45. The smallest absolute Gasteiger partial charge is 0.316 e. The monoisotopic (exact) mass is 246 g/mol. The van der Waals surface area contributed by atoms with Gasteiger partial charge in [-0.2, -0.15) is 0 Å². The fraction of sp³-hybridized carbons (Fsp3) is 0.562. The number of carbonyl (C=O) groups is 1. The first-order valence-corrected chi connectivity index (χ1v) is 6.43. The van der Waals surface area contributed by atoms with Crippen LogP contribution >= 0.6 is 0 Å². The van der Waals surface area contributed by atoms with Gasteiger partial charge in [0.15, 0.2) is 0 Å². The van der Waals surface area contributed by atoms with Gasteiger partial charge in [0, 0.05) is 0 Å². The minimum Gasteiger partial charge on any atom is -0.468 e. The van der Waals surface area contributed by atoms with Crippen molar-refractivity contribution < 1.29 is 9.53 Å². The van der Waals surface area contributed by atoms with Gasteiger partial charge >= 0.3 is 5.97 Å². The van der Waals surface area contributed by atoms with Crippen LogP contribution in [0.25, 0.3) is 0 Å². The fourth-order valence-corrected chi connectivity index (χ4v) is 3.13. The summed E-state index contributed by atoms with van der Waals surface area (Å²) in [6, 6.07) is 4.21. The lowest BCUT2D eigenvalue weighted by atomic mass is 9.83. The number of aryl methyl sites for hydroxylation is 1. The van der Waals surface area contributed by atoms with Crippen LogP contribution in [0, 0.1) is 26.2 Å². The molecule has 1 aromatic rings. The zero-order valence-electron chi connectivity index (χ0n) is 12.2. The van der Waals surface area contributed by atoms with Gasteiger partial charge in [0.2, 0.25) is 0 Å². The van der Waals surface area contributed by atoms with E-state index in [-0.39, 0.29) is 11.4 Å². The molecule has 98 valence electrons. The Kier molecular flexibility index (Phi) is 2.80. The second-order valence-corrected chi connectivity index (χ2v) is 6.14. The van der Waals surface area contributed by atoms with Gasteiger partial charge in [0.1, 0.15) is 0 Å². The quantitative estimate of drug-likeness (QED) is 0.747. The SMILES string of the molecule is COC(=O)C1(c2ccc(C)c(C)c2C)CC1(C)C. The Hall–Kier alpha value is -1.31. The van der Waals surface area contributed by atoms with Gasteiger partial charge in [-0.05, 0) is 54.9 Å². The van der Waals surface area contributed by atoms with E-state index in [1.54, 1.807) is 0 Å². The number of carbonyl (C=O) groups excluding carboxylic acids is 1. The number of esters is 1. The molecule has 1 saturated carbocycles. The average Bonchev–Trinajstić information content (AvgIpc) is 2.89. The highest BCUT2D eigenvalue weighted by Crippen LogP contribution is 2.65. The molecule has 1 atom stereocenters. The molecule has 1 aromatic carbocycles. The number of methoxy groups -OCH3 is 1. The van der Waals surface area contributed by atoms with Crippen molar-refractivity contribution in [1.82, 2.24) is 0 Å². The van der Waals surface area contributed by atoms with Crippen LogP contribution in [0.4, 0.5) is 0 Å². The first kappa shape index (κ1) is 13.1. The molecule has 0 radical (unpaired) electrons. The third-order valence-electron chi connectivity index (χ3n) is 4.79. The van der Waals surface area contributed by atoms with E-state index in [0.29, 0.717) is 0 Å². The van der Waals surface area contributed by atoms with E-state index in [1.165, 1.54) is 23.8 Å². The van der Waals surface area contributed by atoms with Gasteiger partial charge in [-0.15, -0.1) is 0 Å². The molecule has 0 N–H and O–H groups in total. The van der Waals surface area contributed by atoms with Crippen molar-refractivity contribution in [2.75, 3.05) is 7.11 Å². The van der Waals surface area contributed by atoms with Gasteiger partial charge in [-0.1, -0.05) is 26.0 Å².